The molecule has 67 heavy (non-hydrogen) atoms. The van der Waals surface area contributed by atoms with E-state index < -0.39 is 0 Å². The Morgan fingerprint density at radius 3 is 1.99 bits per heavy atom. The van der Waals surface area contributed by atoms with Gasteiger partial charge in [-0.25, -0.2) is 9.97 Å². The van der Waals surface area contributed by atoms with Crippen molar-refractivity contribution < 1.29 is 8.83 Å². The fourth-order valence-electron chi connectivity index (χ4n) is 11.3. The van der Waals surface area contributed by atoms with Crippen molar-refractivity contribution in [2.24, 2.45) is 11.7 Å². The fourth-order valence-corrected chi connectivity index (χ4v) is 11.3. The summed E-state index contributed by atoms with van der Waals surface area (Å²) in [6, 6.07) is 56.0. The second-order valence-electron chi connectivity index (χ2n) is 18.2. The van der Waals surface area contributed by atoms with Crippen LogP contribution in [0.4, 0.5) is 28.7 Å². The first-order valence-electron chi connectivity index (χ1n) is 23.4. The van der Waals surface area contributed by atoms with Crippen LogP contribution in [-0.2, 0) is 13.0 Å². The van der Waals surface area contributed by atoms with Gasteiger partial charge in [0.2, 0.25) is 0 Å². The van der Waals surface area contributed by atoms with Gasteiger partial charge in [0.15, 0.2) is 11.2 Å². The van der Waals surface area contributed by atoms with Gasteiger partial charge in [0.05, 0.1) is 34.6 Å². The van der Waals surface area contributed by atoms with Crippen LogP contribution in [0.25, 0.3) is 77.1 Å². The number of fused-ring (bicyclic) bond motifs is 6. The van der Waals surface area contributed by atoms with Crippen LogP contribution in [-0.4, -0.2) is 9.97 Å². The number of para-hydroxylation sites is 5. The van der Waals surface area contributed by atoms with Gasteiger partial charge >= 0.3 is 0 Å². The predicted octanol–water partition coefficient (Wildman–Crippen LogP) is 15.8. The van der Waals surface area contributed by atoms with E-state index in [1.165, 1.54) is 33.3 Å². The van der Waals surface area contributed by atoms with Crippen LogP contribution in [0.3, 0.4) is 0 Å². The molecule has 0 saturated carbocycles. The molecule has 7 aromatic carbocycles. The zero-order valence-corrected chi connectivity index (χ0v) is 37.6. The Labute approximate surface area is 388 Å². The van der Waals surface area contributed by atoms with Crippen LogP contribution in [0.1, 0.15) is 61.1 Å². The van der Waals surface area contributed by atoms with E-state index in [2.05, 4.69) is 181 Å². The number of furan rings is 2. The standard InChI is InChI=1S/C60H47N5O2/c1-4-13-41-43-17-11-21-49(60(43)67-53(41)34-61)64(54-30-25-37-14-5-8-19-46(37)62-54)48-29-24-39-32-36(3)56-51(33-35(2)40-27-28-45(48)57(39)58(40)56)65(55-31-26-38-15-6-9-20-47(38)63-55)50-22-12-18-44-42-16-7-10-23-52(42)66-59(44)50/h4-31,35-36H,32-34,61H2,1-3H3/b13-4-. The molecule has 2 aliphatic rings. The maximum absolute atomic E-state index is 6.83. The number of hydrogen-bond acceptors (Lipinski definition) is 7. The average molecular weight is 870 g/mol. The first kappa shape index (κ1) is 39.4. The third kappa shape index (κ3) is 6.01. The summed E-state index contributed by atoms with van der Waals surface area (Å²) in [6.07, 6.45) is 5.87. The van der Waals surface area contributed by atoms with Crippen molar-refractivity contribution in [2.75, 3.05) is 9.80 Å². The quantitative estimate of drug-likeness (QED) is 0.163. The minimum absolute atomic E-state index is 0.215. The highest BCUT2D eigenvalue weighted by Crippen LogP contribution is 2.55. The Morgan fingerprint density at radius 1 is 0.582 bits per heavy atom. The van der Waals surface area contributed by atoms with E-state index >= 15 is 0 Å². The molecule has 2 atom stereocenters. The number of rotatable bonds is 8. The molecule has 0 spiro atoms. The molecule has 0 aliphatic heterocycles. The predicted molar refractivity (Wildman–Crippen MR) is 277 cm³/mol. The normalized spacial score (nSPS) is 15.9. The average Bonchev–Trinajstić information content (AvgIpc) is 3.93. The first-order valence-corrected chi connectivity index (χ1v) is 23.4. The lowest BCUT2D eigenvalue weighted by molar-refractivity contribution is 0.551. The first-order chi connectivity index (χ1) is 33.0. The second-order valence-corrected chi connectivity index (χ2v) is 18.2. The number of anilines is 5. The molecule has 324 valence electrons. The Hall–Kier alpha value is -8.00. The van der Waals surface area contributed by atoms with Crippen molar-refractivity contribution in [3.8, 4) is 0 Å². The third-order valence-electron chi connectivity index (χ3n) is 14.2. The molecule has 4 heterocycles. The summed E-state index contributed by atoms with van der Waals surface area (Å²) < 4.78 is 13.6. The highest BCUT2D eigenvalue weighted by atomic mass is 16.3. The highest BCUT2D eigenvalue weighted by molar-refractivity contribution is 6.13. The highest BCUT2D eigenvalue weighted by Gasteiger charge is 2.38. The van der Waals surface area contributed by atoms with Crippen molar-refractivity contribution in [1.82, 2.24) is 9.97 Å². The lowest BCUT2D eigenvalue weighted by atomic mass is 9.70. The summed E-state index contributed by atoms with van der Waals surface area (Å²) in [7, 11) is 0. The summed E-state index contributed by atoms with van der Waals surface area (Å²) in [5.74, 6) is 2.87. The maximum Gasteiger partial charge on any atom is 0.159 e. The molecular weight excluding hydrogens is 823 g/mol. The van der Waals surface area contributed by atoms with Gasteiger partial charge in [0.25, 0.3) is 0 Å². The number of benzene rings is 7. The van der Waals surface area contributed by atoms with Crippen molar-refractivity contribution in [3.05, 3.63) is 198 Å². The molecular formula is C60H47N5O2. The van der Waals surface area contributed by atoms with Gasteiger partial charge in [-0.15, -0.1) is 0 Å². The van der Waals surface area contributed by atoms with Crippen LogP contribution >= 0.6 is 0 Å². The smallest absolute Gasteiger partial charge is 0.159 e. The lowest BCUT2D eigenvalue weighted by Crippen LogP contribution is -2.28. The van der Waals surface area contributed by atoms with Gasteiger partial charge in [-0.2, -0.15) is 0 Å². The molecule has 0 bridgehead atoms. The summed E-state index contributed by atoms with van der Waals surface area (Å²) in [6.45, 7) is 7.10. The van der Waals surface area contributed by atoms with Crippen molar-refractivity contribution >= 4 is 106 Å². The number of nitrogens with zero attached hydrogens (tertiary/aromatic N) is 4. The largest absolute Gasteiger partial charge is 0.457 e. The number of hydrogen-bond donors (Lipinski definition) is 1. The molecule has 0 radical (unpaired) electrons. The van der Waals surface area contributed by atoms with Gasteiger partial charge in [0, 0.05) is 43.6 Å². The minimum atomic E-state index is 0.215. The van der Waals surface area contributed by atoms with Crippen LogP contribution < -0.4 is 15.5 Å². The van der Waals surface area contributed by atoms with Crippen LogP contribution in [0.5, 0.6) is 0 Å². The summed E-state index contributed by atoms with van der Waals surface area (Å²) >= 11 is 0. The van der Waals surface area contributed by atoms with E-state index in [1.807, 2.05) is 19.1 Å². The van der Waals surface area contributed by atoms with Crippen molar-refractivity contribution in [3.63, 3.8) is 0 Å². The zero-order valence-electron chi connectivity index (χ0n) is 37.6. The number of nitrogens with two attached hydrogens (primary N) is 1. The molecule has 7 heteroatoms. The Kier molecular flexibility index (Phi) is 8.99. The zero-order chi connectivity index (χ0) is 44.9. The SMILES string of the molecule is C/C=C\c1c(CN)oc2c(N(c3ccc4ccccc4n3)c3ccc4c5c6c(ccc35)C(C)CC(N(c3ccc5ccccc5n3)c3cccc5c3oc3ccccc35)=C6C(C)C4)cccc12. The molecule has 2 N–H and O–H groups in total. The van der Waals surface area contributed by atoms with E-state index in [4.69, 9.17) is 24.5 Å². The van der Waals surface area contributed by atoms with E-state index in [0.717, 1.165) is 113 Å². The monoisotopic (exact) mass is 869 g/mol. The van der Waals surface area contributed by atoms with Gasteiger partial charge in [-0.1, -0.05) is 123 Å². The summed E-state index contributed by atoms with van der Waals surface area (Å²) in [5, 5.41) is 7.85. The topological polar surface area (TPSA) is 84.6 Å². The van der Waals surface area contributed by atoms with Gasteiger partial charge in [-0.05, 0) is 120 Å². The van der Waals surface area contributed by atoms with Gasteiger partial charge in [-0.3, -0.25) is 9.80 Å². The molecule has 0 amide bonds. The van der Waals surface area contributed by atoms with Crippen LogP contribution in [0.15, 0.2) is 178 Å². The van der Waals surface area contributed by atoms with Gasteiger partial charge in [0.1, 0.15) is 23.0 Å². The minimum Gasteiger partial charge on any atom is -0.457 e. The Morgan fingerprint density at radius 2 is 1.24 bits per heavy atom. The Balaban J connectivity index is 1.09. The summed E-state index contributed by atoms with van der Waals surface area (Å²) in [5.41, 5.74) is 21.3. The maximum atomic E-state index is 6.83. The van der Waals surface area contributed by atoms with Crippen LogP contribution in [0.2, 0.25) is 0 Å². The molecule has 13 rings (SSSR count). The molecule has 11 aromatic rings. The summed E-state index contributed by atoms with van der Waals surface area (Å²) in [4.78, 5) is 15.5. The number of pyridine rings is 2. The molecule has 2 aliphatic carbocycles. The number of allylic oxidation sites excluding steroid dienone is 3. The van der Waals surface area contributed by atoms with Crippen LogP contribution in [0, 0.1) is 5.92 Å². The fraction of sp³-hybridized carbons (Fsp3) is 0.133. The third-order valence-corrected chi connectivity index (χ3v) is 14.2. The van der Waals surface area contributed by atoms with E-state index in [9.17, 15) is 0 Å². The molecule has 4 aromatic heterocycles. The van der Waals surface area contributed by atoms with Gasteiger partial charge < -0.3 is 14.6 Å². The van der Waals surface area contributed by atoms with E-state index in [-0.39, 0.29) is 18.4 Å². The lowest BCUT2D eigenvalue weighted by Gasteiger charge is -2.40. The van der Waals surface area contributed by atoms with E-state index in [1.54, 1.807) is 0 Å². The second kappa shape index (κ2) is 15.3. The van der Waals surface area contributed by atoms with E-state index in [0.29, 0.717) is 0 Å². The Bertz CT molecular complexity index is 3890. The number of aromatic nitrogens is 2. The van der Waals surface area contributed by atoms with Crippen molar-refractivity contribution in [2.45, 2.75) is 46.1 Å². The van der Waals surface area contributed by atoms with Crippen molar-refractivity contribution in [1.29, 1.82) is 0 Å². The molecule has 0 fully saturated rings. The molecule has 0 saturated heterocycles. The molecule has 7 nitrogen and oxygen atoms in total. The molecule has 2 unspecified atom stereocenters.